The number of para-hydroxylation sites is 1. The molecule has 0 spiro atoms. The van der Waals surface area contributed by atoms with E-state index in [1.807, 2.05) is 31.3 Å². The molecule has 2 N–H and O–H groups in total. The molecular weight excluding hydrogens is 306 g/mol. The normalized spacial score (nSPS) is 10.7. The van der Waals surface area contributed by atoms with Gasteiger partial charge in [0.25, 0.3) is 5.69 Å². The first-order valence-corrected chi connectivity index (χ1v) is 7.61. The van der Waals surface area contributed by atoms with Crippen molar-refractivity contribution >= 4 is 22.5 Å². The number of nitrogens with one attached hydrogen (secondary N) is 2. The lowest BCUT2D eigenvalue weighted by Crippen LogP contribution is -2.24. The molecule has 1 aromatic heterocycles. The summed E-state index contributed by atoms with van der Waals surface area (Å²) in [7, 11) is 0. The molecule has 6 heteroatoms. The highest BCUT2D eigenvalue weighted by Gasteiger charge is 2.14. The number of hydrogen-bond donors (Lipinski definition) is 2. The number of nitrogens with zero attached hydrogens (tertiary/aromatic N) is 1. The molecule has 24 heavy (non-hydrogen) atoms. The van der Waals surface area contributed by atoms with Gasteiger partial charge < -0.3 is 10.3 Å². The molecule has 0 bridgehead atoms. The highest BCUT2D eigenvalue weighted by Crippen LogP contribution is 2.22. The van der Waals surface area contributed by atoms with Gasteiger partial charge in [0.05, 0.1) is 11.3 Å². The fourth-order valence-electron chi connectivity index (χ4n) is 2.86. The van der Waals surface area contributed by atoms with E-state index >= 15 is 0 Å². The third-order valence-electron chi connectivity index (χ3n) is 4.01. The Kier molecular flexibility index (Phi) is 4.29. The maximum atomic E-state index is 12.2. The third kappa shape index (κ3) is 3.12. The van der Waals surface area contributed by atoms with Crippen molar-refractivity contribution in [2.24, 2.45) is 0 Å². The largest absolute Gasteiger partial charge is 0.361 e. The summed E-state index contributed by atoms with van der Waals surface area (Å²) >= 11 is 0. The number of nitro benzene ring substituents is 1. The van der Waals surface area contributed by atoms with Crippen LogP contribution >= 0.6 is 0 Å². The van der Waals surface area contributed by atoms with Crippen LogP contribution in [0.25, 0.3) is 10.9 Å². The molecule has 3 aromatic rings. The first kappa shape index (κ1) is 15.7. The van der Waals surface area contributed by atoms with Crippen LogP contribution in [0.2, 0.25) is 0 Å². The second kappa shape index (κ2) is 6.54. The van der Waals surface area contributed by atoms with E-state index in [0.717, 1.165) is 22.0 Å². The van der Waals surface area contributed by atoms with Crippen molar-refractivity contribution in [3.05, 3.63) is 75.5 Å². The van der Waals surface area contributed by atoms with Gasteiger partial charge in [-0.25, -0.2) is 0 Å². The lowest BCUT2D eigenvalue weighted by Gasteiger charge is -2.06. The van der Waals surface area contributed by atoms with E-state index in [2.05, 4.69) is 10.3 Å². The molecule has 0 aliphatic rings. The number of rotatable bonds is 5. The van der Waals surface area contributed by atoms with E-state index in [1.54, 1.807) is 18.2 Å². The van der Waals surface area contributed by atoms with Gasteiger partial charge >= 0.3 is 0 Å². The molecule has 3 rings (SSSR count). The van der Waals surface area contributed by atoms with Gasteiger partial charge in [0.1, 0.15) is 0 Å². The Hall–Kier alpha value is -3.15. The summed E-state index contributed by atoms with van der Waals surface area (Å²) in [4.78, 5) is 25.9. The standard InChI is InChI=1S/C18H17N3O3/c1-12-5-4-7-15-18(12)14(11-19-15)9-17(22)20-10-13-6-2-3-8-16(13)21(23)24/h2-8,11,19H,9-10H2,1H3,(H,20,22). The smallest absolute Gasteiger partial charge is 0.274 e. The zero-order valence-electron chi connectivity index (χ0n) is 13.2. The predicted octanol–water partition coefficient (Wildman–Crippen LogP) is 3.24. The molecule has 0 atom stereocenters. The predicted molar refractivity (Wildman–Crippen MR) is 91.7 cm³/mol. The molecule has 122 valence electrons. The molecular formula is C18H17N3O3. The van der Waals surface area contributed by atoms with Gasteiger partial charge in [-0.2, -0.15) is 0 Å². The minimum Gasteiger partial charge on any atom is -0.361 e. The molecule has 2 aromatic carbocycles. The number of nitro groups is 1. The van der Waals surface area contributed by atoms with E-state index in [0.29, 0.717) is 5.56 Å². The Morgan fingerprint density at radius 1 is 1.17 bits per heavy atom. The van der Waals surface area contributed by atoms with Crippen LogP contribution < -0.4 is 5.32 Å². The number of hydrogen-bond acceptors (Lipinski definition) is 3. The Labute approximate surface area is 138 Å². The van der Waals surface area contributed by atoms with Crippen LogP contribution in [0.5, 0.6) is 0 Å². The van der Waals surface area contributed by atoms with Crippen LogP contribution in [0.15, 0.2) is 48.7 Å². The van der Waals surface area contributed by atoms with Crippen LogP contribution in [0.4, 0.5) is 5.69 Å². The van der Waals surface area contributed by atoms with Crippen LogP contribution in [-0.4, -0.2) is 15.8 Å². The molecule has 1 heterocycles. The van der Waals surface area contributed by atoms with E-state index < -0.39 is 4.92 Å². The summed E-state index contributed by atoms with van der Waals surface area (Å²) in [5.74, 6) is -0.169. The molecule has 0 unspecified atom stereocenters. The van der Waals surface area contributed by atoms with Crippen LogP contribution in [0, 0.1) is 17.0 Å². The maximum absolute atomic E-state index is 12.2. The quantitative estimate of drug-likeness (QED) is 0.558. The van der Waals surface area contributed by atoms with E-state index in [4.69, 9.17) is 0 Å². The zero-order chi connectivity index (χ0) is 17.1. The zero-order valence-corrected chi connectivity index (χ0v) is 13.2. The summed E-state index contributed by atoms with van der Waals surface area (Å²) in [6.07, 6.45) is 2.06. The fourth-order valence-corrected chi connectivity index (χ4v) is 2.86. The molecule has 0 radical (unpaired) electrons. The van der Waals surface area contributed by atoms with Gasteiger partial charge in [-0.05, 0) is 24.1 Å². The van der Waals surface area contributed by atoms with E-state index in [1.165, 1.54) is 6.07 Å². The number of carbonyl (C=O) groups is 1. The Morgan fingerprint density at radius 3 is 2.75 bits per heavy atom. The molecule has 1 amide bonds. The minimum absolute atomic E-state index is 0.0146. The topological polar surface area (TPSA) is 88.0 Å². The maximum Gasteiger partial charge on any atom is 0.274 e. The number of carbonyl (C=O) groups excluding carboxylic acids is 1. The average Bonchev–Trinajstić information content (AvgIpc) is 2.97. The third-order valence-corrected chi connectivity index (χ3v) is 4.01. The van der Waals surface area contributed by atoms with Gasteiger partial charge in [-0.1, -0.05) is 30.3 Å². The number of aryl methyl sites for hydroxylation is 1. The van der Waals surface area contributed by atoms with Crippen LogP contribution in [0.3, 0.4) is 0 Å². The Morgan fingerprint density at radius 2 is 1.96 bits per heavy atom. The van der Waals surface area contributed by atoms with E-state index in [-0.39, 0.29) is 24.6 Å². The summed E-state index contributed by atoms with van der Waals surface area (Å²) < 4.78 is 0. The summed E-state index contributed by atoms with van der Waals surface area (Å²) in [6.45, 7) is 2.14. The lowest BCUT2D eigenvalue weighted by molar-refractivity contribution is -0.385. The van der Waals surface area contributed by atoms with Crippen LogP contribution in [-0.2, 0) is 17.8 Å². The summed E-state index contributed by atoms with van der Waals surface area (Å²) in [6, 6.07) is 12.4. The summed E-state index contributed by atoms with van der Waals surface area (Å²) in [5, 5.41) is 14.8. The van der Waals surface area contributed by atoms with Gasteiger partial charge in [-0.3, -0.25) is 14.9 Å². The van der Waals surface area contributed by atoms with Gasteiger partial charge in [-0.15, -0.1) is 0 Å². The van der Waals surface area contributed by atoms with Crippen molar-refractivity contribution < 1.29 is 9.72 Å². The van der Waals surface area contributed by atoms with Crippen molar-refractivity contribution in [1.29, 1.82) is 0 Å². The Bertz CT molecular complexity index is 915. The number of aromatic nitrogens is 1. The second-order valence-corrected chi connectivity index (χ2v) is 5.65. The Balaban J connectivity index is 1.71. The molecule has 6 nitrogen and oxygen atoms in total. The van der Waals surface area contributed by atoms with Crippen molar-refractivity contribution in [1.82, 2.24) is 10.3 Å². The van der Waals surface area contributed by atoms with Gasteiger partial charge in [0, 0.05) is 35.3 Å². The molecule has 0 fully saturated rings. The minimum atomic E-state index is -0.440. The SMILES string of the molecule is Cc1cccc2[nH]cc(CC(=O)NCc3ccccc3[N+](=O)[O-])c12. The lowest BCUT2D eigenvalue weighted by atomic mass is 10.1. The number of benzene rings is 2. The highest BCUT2D eigenvalue weighted by atomic mass is 16.6. The van der Waals surface area contributed by atoms with Crippen molar-refractivity contribution in [3.63, 3.8) is 0 Å². The molecule has 0 aliphatic heterocycles. The number of aromatic amines is 1. The second-order valence-electron chi connectivity index (χ2n) is 5.65. The fraction of sp³-hybridized carbons (Fsp3) is 0.167. The summed E-state index contributed by atoms with van der Waals surface area (Å²) in [5.41, 5.74) is 3.53. The van der Waals surface area contributed by atoms with Crippen molar-refractivity contribution in [3.8, 4) is 0 Å². The van der Waals surface area contributed by atoms with Gasteiger partial charge in [0.2, 0.25) is 5.91 Å². The highest BCUT2D eigenvalue weighted by molar-refractivity contribution is 5.91. The average molecular weight is 323 g/mol. The monoisotopic (exact) mass is 323 g/mol. The number of amides is 1. The van der Waals surface area contributed by atoms with Crippen molar-refractivity contribution in [2.75, 3.05) is 0 Å². The van der Waals surface area contributed by atoms with Crippen LogP contribution in [0.1, 0.15) is 16.7 Å². The number of fused-ring (bicyclic) bond motifs is 1. The first-order valence-electron chi connectivity index (χ1n) is 7.61. The molecule has 0 saturated carbocycles. The van der Waals surface area contributed by atoms with Gasteiger partial charge in [0.15, 0.2) is 0 Å². The van der Waals surface area contributed by atoms with Crippen molar-refractivity contribution in [2.45, 2.75) is 19.9 Å². The number of H-pyrrole nitrogens is 1. The first-order chi connectivity index (χ1) is 11.6. The van der Waals surface area contributed by atoms with E-state index in [9.17, 15) is 14.9 Å². The molecule has 0 aliphatic carbocycles. The molecule has 0 saturated heterocycles.